The molecule has 0 heterocycles. The van der Waals surface area contributed by atoms with Crippen LogP contribution in [0, 0.1) is 0 Å². The van der Waals surface area contributed by atoms with E-state index in [-0.39, 0.29) is 0 Å². The standard InChI is InChI=1S/C11H14BrNO/c1-2-3-8-14-13-9-10-6-4-5-7-11(10)12/h4-7,9H,2-3,8H2,1H3. The van der Waals surface area contributed by atoms with Gasteiger partial charge in [0.15, 0.2) is 0 Å². The molecule has 0 aliphatic heterocycles. The Balaban J connectivity index is 2.40. The van der Waals surface area contributed by atoms with Crippen molar-refractivity contribution in [3.05, 3.63) is 34.3 Å². The fraction of sp³-hybridized carbons (Fsp3) is 0.364. The van der Waals surface area contributed by atoms with Gasteiger partial charge in [-0.2, -0.15) is 0 Å². The predicted molar refractivity (Wildman–Crippen MR) is 62.6 cm³/mol. The first kappa shape index (κ1) is 11.2. The lowest BCUT2D eigenvalue weighted by atomic mass is 10.2. The van der Waals surface area contributed by atoms with Gasteiger partial charge in [-0.3, -0.25) is 0 Å². The van der Waals surface area contributed by atoms with E-state index in [1.54, 1.807) is 6.21 Å². The maximum absolute atomic E-state index is 5.08. The van der Waals surface area contributed by atoms with Gasteiger partial charge in [0.25, 0.3) is 0 Å². The van der Waals surface area contributed by atoms with E-state index in [1.165, 1.54) is 0 Å². The molecule has 0 radical (unpaired) electrons. The van der Waals surface area contributed by atoms with Gasteiger partial charge in [0.1, 0.15) is 6.61 Å². The zero-order valence-corrected chi connectivity index (χ0v) is 9.83. The van der Waals surface area contributed by atoms with Crippen molar-refractivity contribution in [2.75, 3.05) is 6.61 Å². The van der Waals surface area contributed by atoms with Gasteiger partial charge in [-0.1, -0.05) is 52.6 Å². The van der Waals surface area contributed by atoms with E-state index in [9.17, 15) is 0 Å². The highest BCUT2D eigenvalue weighted by Gasteiger charge is 1.93. The van der Waals surface area contributed by atoms with Crippen LogP contribution in [0.25, 0.3) is 0 Å². The van der Waals surface area contributed by atoms with Gasteiger partial charge in [-0.25, -0.2) is 0 Å². The van der Waals surface area contributed by atoms with Crippen molar-refractivity contribution in [2.45, 2.75) is 19.8 Å². The summed E-state index contributed by atoms with van der Waals surface area (Å²) in [5.74, 6) is 0. The monoisotopic (exact) mass is 255 g/mol. The molecule has 0 atom stereocenters. The average molecular weight is 256 g/mol. The minimum Gasteiger partial charge on any atom is -0.396 e. The third-order valence-electron chi connectivity index (χ3n) is 1.76. The number of oxime groups is 1. The molecule has 0 amide bonds. The fourth-order valence-electron chi connectivity index (χ4n) is 0.935. The van der Waals surface area contributed by atoms with E-state index in [2.05, 4.69) is 28.0 Å². The molecule has 0 N–H and O–H groups in total. The molecule has 2 nitrogen and oxygen atoms in total. The minimum atomic E-state index is 0.692. The molecule has 76 valence electrons. The Kier molecular flexibility index (Phi) is 5.30. The lowest BCUT2D eigenvalue weighted by Crippen LogP contribution is -1.88. The highest BCUT2D eigenvalue weighted by molar-refractivity contribution is 9.10. The average Bonchev–Trinajstić information content (AvgIpc) is 2.20. The van der Waals surface area contributed by atoms with Gasteiger partial charge >= 0.3 is 0 Å². The summed E-state index contributed by atoms with van der Waals surface area (Å²) in [5.41, 5.74) is 1.03. The van der Waals surface area contributed by atoms with E-state index in [1.807, 2.05) is 24.3 Å². The van der Waals surface area contributed by atoms with Crippen LogP contribution in [0.4, 0.5) is 0 Å². The maximum Gasteiger partial charge on any atom is 0.117 e. The van der Waals surface area contributed by atoms with Crippen molar-refractivity contribution in [1.29, 1.82) is 0 Å². The molecule has 0 aliphatic rings. The summed E-state index contributed by atoms with van der Waals surface area (Å²) in [6, 6.07) is 7.90. The fourth-order valence-corrected chi connectivity index (χ4v) is 1.32. The highest BCUT2D eigenvalue weighted by Crippen LogP contribution is 2.13. The summed E-state index contributed by atoms with van der Waals surface area (Å²) in [5, 5.41) is 3.88. The number of benzene rings is 1. The number of rotatable bonds is 5. The molecule has 1 aromatic carbocycles. The summed E-state index contributed by atoms with van der Waals surface area (Å²) < 4.78 is 1.03. The molecular weight excluding hydrogens is 242 g/mol. The van der Waals surface area contributed by atoms with Crippen LogP contribution in [0.3, 0.4) is 0 Å². The summed E-state index contributed by atoms with van der Waals surface area (Å²) in [6.45, 7) is 2.82. The largest absolute Gasteiger partial charge is 0.396 e. The Morgan fingerprint density at radius 2 is 2.21 bits per heavy atom. The molecule has 0 aliphatic carbocycles. The van der Waals surface area contributed by atoms with Gasteiger partial charge in [0.05, 0.1) is 6.21 Å². The number of hydrogen-bond donors (Lipinski definition) is 0. The van der Waals surface area contributed by atoms with E-state index < -0.39 is 0 Å². The van der Waals surface area contributed by atoms with Gasteiger partial charge in [-0.15, -0.1) is 0 Å². The summed E-state index contributed by atoms with van der Waals surface area (Å²) in [6.07, 6.45) is 3.90. The molecule has 0 aromatic heterocycles. The van der Waals surface area contributed by atoms with Gasteiger partial charge < -0.3 is 4.84 Å². The Hall–Kier alpha value is -0.830. The van der Waals surface area contributed by atoms with E-state index in [0.717, 1.165) is 22.9 Å². The normalized spacial score (nSPS) is 10.7. The number of unbranched alkanes of at least 4 members (excludes halogenated alkanes) is 1. The van der Waals surface area contributed by atoms with Crippen molar-refractivity contribution in [2.24, 2.45) is 5.16 Å². The van der Waals surface area contributed by atoms with Gasteiger partial charge in [0, 0.05) is 10.0 Å². The van der Waals surface area contributed by atoms with Crippen LogP contribution >= 0.6 is 15.9 Å². The van der Waals surface area contributed by atoms with Gasteiger partial charge in [0.2, 0.25) is 0 Å². The smallest absolute Gasteiger partial charge is 0.117 e. The van der Waals surface area contributed by atoms with Crippen LogP contribution in [-0.2, 0) is 4.84 Å². The summed E-state index contributed by atoms with van der Waals surface area (Å²) in [7, 11) is 0. The van der Waals surface area contributed by atoms with Crippen LogP contribution in [-0.4, -0.2) is 12.8 Å². The quantitative estimate of drug-likeness (QED) is 0.448. The predicted octanol–water partition coefficient (Wildman–Crippen LogP) is 3.60. The molecule has 0 fully saturated rings. The zero-order valence-electron chi connectivity index (χ0n) is 8.24. The van der Waals surface area contributed by atoms with Crippen LogP contribution in [0.15, 0.2) is 33.9 Å². The molecule has 0 spiro atoms. The lowest BCUT2D eigenvalue weighted by molar-refractivity contribution is 0.143. The second kappa shape index (κ2) is 6.60. The summed E-state index contributed by atoms with van der Waals surface area (Å²) >= 11 is 3.43. The number of hydrogen-bond acceptors (Lipinski definition) is 2. The zero-order chi connectivity index (χ0) is 10.2. The first-order valence-corrected chi connectivity index (χ1v) is 5.53. The molecule has 3 heteroatoms. The van der Waals surface area contributed by atoms with Crippen LogP contribution in [0.2, 0.25) is 0 Å². The van der Waals surface area contributed by atoms with Crippen molar-refractivity contribution in [1.82, 2.24) is 0 Å². The van der Waals surface area contributed by atoms with Crippen molar-refractivity contribution >= 4 is 22.1 Å². The molecular formula is C11H14BrNO. The molecule has 14 heavy (non-hydrogen) atoms. The third-order valence-corrected chi connectivity index (χ3v) is 2.48. The lowest BCUT2D eigenvalue weighted by Gasteiger charge is -1.97. The second-order valence-electron chi connectivity index (χ2n) is 2.94. The topological polar surface area (TPSA) is 21.6 Å². The Bertz CT molecular complexity index is 299. The Labute approximate surface area is 93.1 Å². The van der Waals surface area contributed by atoms with Crippen molar-refractivity contribution in [3.8, 4) is 0 Å². The molecule has 0 saturated heterocycles. The SMILES string of the molecule is CCCCON=Cc1ccccc1Br. The Morgan fingerprint density at radius 3 is 2.93 bits per heavy atom. The molecule has 0 saturated carbocycles. The highest BCUT2D eigenvalue weighted by atomic mass is 79.9. The molecule has 1 rings (SSSR count). The Morgan fingerprint density at radius 1 is 1.43 bits per heavy atom. The molecule has 0 bridgehead atoms. The molecule has 0 unspecified atom stereocenters. The maximum atomic E-state index is 5.08. The van der Waals surface area contributed by atoms with Crippen LogP contribution in [0.1, 0.15) is 25.3 Å². The second-order valence-corrected chi connectivity index (χ2v) is 3.80. The van der Waals surface area contributed by atoms with Crippen molar-refractivity contribution in [3.63, 3.8) is 0 Å². The van der Waals surface area contributed by atoms with E-state index >= 15 is 0 Å². The number of halogens is 1. The van der Waals surface area contributed by atoms with Crippen LogP contribution < -0.4 is 0 Å². The first-order chi connectivity index (χ1) is 6.84. The van der Waals surface area contributed by atoms with Crippen molar-refractivity contribution < 1.29 is 4.84 Å². The number of nitrogens with zero attached hydrogens (tertiary/aromatic N) is 1. The van der Waals surface area contributed by atoms with Gasteiger partial charge in [-0.05, 0) is 12.5 Å². The minimum absolute atomic E-state index is 0.692. The van der Waals surface area contributed by atoms with E-state index in [0.29, 0.717) is 6.61 Å². The first-order valence-electron chi connectivity index (χ1n) is 4.74. The third kappa shape index (κ3) is 3.92. The molecule has 1 aromatic rings. The summed E-state index contributed by atoms with van der Waals surface area (Å²) in [4.78, 5) is 5.08. The van der Waals surface area contributed by atoms with Crippen LogP contribution in [0.5, 0.6) is 0 Å². The van der Waals surface area contributed by atoms with E-state index in [4.69, 9.17) is 4.84 Å².